The number of hydrogen-bond acceptors (Lipinski definition) is 6. The highest BCUT2D eigenvalue weighted by atomic mass is 35.5. The number of thioether (sulfide) groups is 1. The standard InChI is InChI=1S/C31H29ClN2O5S/c1-4-9-23-14-22(15-26(38-5-2)29(23)39-19-21-10-7-6-8-11-21)16-27-30(36)34(31(37)40-27)18-28(35)33-24-13-12-20(3)25(32)17-24/h4,6-8,10-17H,1,5,9,18-19H2,2-3H3,(H,33,35)/b27-16-. The van der Waals surface area contributed by atoms with Crippen LogP contribution in [0.3, 0.4) is 0 Å². The third-order valence-electron chi connectivity index (χ3n) is 5.97. The monoisotopic (exact) mass is 576 g/mol. The summed E-state index contributed by atoms with van der Waals surface area (Å²) in [6.45, 7) is 7.95. The van der Waals surface area contributed by atoms with Crippen LogP contribution in [-0.2, 0) is 22.6 Å². The van der Waals surface area contributed by atoms with Crippen LogP contribution in [0.15, 0.2) is 78.2 Å². The fourth-order valence-corrected chi connectivity index (χ4v) is 5.05. The van der Waals surface area contributed by atoms with Gasteiger partial charge in [0.15, 0.2) is 11.5 Å². The Morgan fingerprint density at radius 1 is 1.10 bits per heavy atom. The summed E-state index contributed by atoms with van der Waals surface area (Å²) in [7, 11) is 0. The molecule has 1 fully saturated rings. The van der Waals surface area contributed by atoms with Crippen molar-refractivity contribution >= 4 is 52.2 Å². The number of hydrogen-bond donors (Lipinski definition) is 1. The van der Waals surface area contributed by atoms with Crippen molar-refractivity contribution in [2.45, 2.75) is 26.9 Å². The third-order valence-corrected chi connectivity index (χ3v) is 7.29. The minimum Gasteiger partial charge on any atom is -0.490 e. The van der Waals surface area contributed by atoms with E-state index in [2.05, 4.69) is 11.9 Å². The van der Waals surface area contributed by atoms with Crippen molar-refractivity contribution in [1.29, 1.82) is 0 Å². The first kappa shape index (κ1) is 29.0. The Morgan fingerprint density at radius 3 is 2.58 bits per heavy atom. The van der Waals surface area contributed by atoms with Crippen LogP contribution in [0.25, 0.3) is 6.08 Å². The van der Waals surface area contributed by atoms with Gasteiger partial charge in [-0.1, -0.05) is 54.1 Å². The smallest absolute Gasteiger partial charge is 0.294 e. The molecule has 0 unspecified atom stereocenters. The molecule has 9 heteroatoms. The molecular weight excluding hydrogens is 548 g/mol. The Kier molecular flexibility index (Phi) is 9.69. The fourth-order valence-electron chi connectivity index (χ4n) is 4.03. The van der Waals surface area contributed by atoms with Crippen molar-refractivity contribution in [3.63, 3.8) is 0 Å². The first-order valence-corrected chi connectivity index (χ1v) is 13.9. The molecule has 40 heavy (non-hydrogen) atoms. The van der Waals surface area contributed by atoms with Crippen LogP contribution in [-0.4, -0.2) is 35.1 Å². The molecule has 3 amide bonds. The molecule has 0 aromatic heterocycles. The zero-order valence-corrected chi connectivity index (χ0v) is 23.8. The Balaban J connectivity index is 1.54. The van der Waals surface area contributed by atoms with Gasteiger partial charge in [-0.3, -0.25) is 19.3 Å². The van der Waals surface area contributed by atoms with Gasteiger partial charge in [0, 0.05) is 16.3 Å². The number of imide groups is 1. The Bertz CT molecular complexity index is 1470. The van der Waals surface area contributed by atoms with Gasteiger partial charge in [-0.25, -0.2) is 0 Å². The lowest BCUT2D eigenvalue weighted by Crippen LogP contribution is -2.36. The molecule has 0 bridgehead atoms. The molecule has 3 aromatic carbocycles. The second kappa shape index (κ2) is 13.4. The molecule has 0 radical (unpaired) electrons. The Morgan fingerprint density at radius 2 is 1.88 bits per heavy atom. The molecular formula is C31H29ClN2O5S. The number of nitrogens with one attached hydrogen (secondary N) is 1. The van der Waals surface area contributed by atoms with Crippen LogP contribution in [0, 0.1) is 6.92 Å². The van der Waals surface area contributed by atoms with Crippen LogP contribution in [0.2, 0.25) is 5.02 Å². The molecule has 206 valence electrons. The molecule has 1 saturated heterocycles. The number of amides is 3. The van der Waals surface area contributed by atoms with E-state index in [1.807, 2.05) is 50.2 Å². The highest BCUT2D eigenvalue weighted by Crippen LogP contribution is 2.38. The molecule has 0 saturated carbocycles. The van der Waals surface area contributed by atoms with E-state index in [9.17, 15) is 14.4 Å². The first-order valence-electron chi connectivity index (χ1n) is 12.7. The van der Waals surface area contributed by atoms with Crippen molar-refractivity contribution in [3.05, 3.63) is 106 Å². The van der Waals surface area contributed by atoms with Gasteiger partial charge in [0.2, 0.25) is 5.91 Å². The average molecular weight is 577 g/mol. The zero-order valence-electron chi connectivity index (χ0n) is 22.2. The summed E-state index contributed by atoms with van der Waals surface area (Å²) >= 11 is 6.91. The van der Waals surface area contributed by atoms with Gasteiger partial charge in [0.25, 0.3) is 11.1 Å². The topological polar surface area (TPSA) is 84.9 Å². The van der Waals surface area contributed by atoms with E-state index in [-0.39, 0.29) is 4.91 Å². The minimum absolute atomic E-state index is 0.209. The lowest BCUT2D eigenvalue weighted by atomic mass is 10.0. The van der Waals surface area contributed by atoms with E-state index in [1.165, 1.54) is 0 Å². The van der Waals surface area contributed by atoms with E-state index >= 15 is 0 Å². The van der Waals surface area contributed by atoms with Crippen LogP contribution in [0.5, 0.6) is 11.5 Å². The Labute approximate surface area is 242 Å². The number of benzene rings is 3. The fraction of sp³-hybridized carbons (Fsp3) is 0.194. The molecule has 7 nitrogen and oxygen atoms in total. The molecule has 0 atom stereocenters. The molecule has 1 aliphatic rings. The molecule has 1 N–H and O–H groups in total. The number of rotatable bonds is 11. The van der Waals surface area contributed by atoms with Gasteiger partial charge in [-0.15, -0.1) is 6.58 Å². The van der Waals surface area contributed by atoms with Crippen molar-refractivity contribution in [2.24, 2.45) is 0 Å². The predicted octanol–water partition coefficient (Wildman–Crippen LogP) is 7.03. The second-order valence-corrected chi connectivity index (χ2v) is 10.4. The summed E-state index contributed by atoms with van der Waals surface area (Å²) in [5.74, 6) is 0.0816. The SMILES string of the molecule is C=CCc1cc(/C=C2\SC(=O)N(CC(=O)Nc3ccc(C)c(Cl)c3)C2=O)cc(OCC)c1OCc1ccccc1. The van der Waals surface area contributed by atoms with E-state index < -0.39 is 23.6 Å². The van der Waals surface area contributed by atoms with Gasteiger partial charge in [0.05, 0.1) is 11.5 Å². The van der Waals surface area contributed by atoms with Crippen LogP contribution in [0.1, 0.15) is 29.2 Å². The molecule has 0 aliphatic carbocycles. The van der Waals surface area contributed by atoms with Gasteiger partial charge in [0.1, 0.15) is 13.2 Å². The van der Waals surface area contributed by atoms with Crippen LogP contribution >= 0.6 is 23.4 Å². The number of carbonyl (C=O) groups is 3. The van der Waals surface area contributed by atoms with E-state index in [4.69, 9.17) is 21.1 Å². The quantitative estimate of drug-likeness (QED) is 0.195. The lowest BCUT2D eigenvalue weighted by molar-refractivity contribution is -0.127. The summed E-state index contributed by atoms with van der Waals surface area (Å²) in [5.41, 5.74) is 3.86. The van der Waals surface area contributed by atoms with Crippen LogP contribution < -0.4 is 14.8 Å². The van der Waals surface area contributed by atoms with Gasteiger partial charge >= 0.3 is 0 Å². The highest BCUT2D eigenvalue weighted by Gasteiger charge is 2.36. The van der Waals surface area contributed by atoms with Crippen LogP contribution in [0.4, 0.5) is 10.5 Å². The van der Waals surface area contributed by atoms with Gasteiger partial charge in [-0.05, 0) is 79.1 Å². The van der Waals surface area contributed by atoms with E-state index in [1.54, 1.807) is 36.4 Å². The van der Waals surface area contributed by atoms with Crippen molar-refractivity contribution in [2.75, 3.05) is 18.5 Å². The number of carbonyl (C=O) groups excluding carboxylic acids is 3. The number of nitrogens with zero attached hydrogens (tertiary/aromatic N) is 1. The van der Waals surface area contributed by atoms with Crippen molar-refractivity contribution in [1.82, 2.24) is 4.90 Å². The lowest BCUT2D eigenvalue weighted by Gasteiger charge is -2.17. The normalized spacial score (nSPS) is 14.0. The summed E-state index contributed by atoms with van der Waals surface area (Å²) in [4.78, 5) is 39.5. The number of allylic oxidation sites excluding steroid dienone is 1. The zero-order chi connectivity index (χ0) is 28.6. The Hall–Kier alpha value is -4.01. The van der Waals surface area contributed by atoms with Gasteiger partial charge in [-0.2, -0.15) is 0 Å². The number of aryl methyl sites for hydroxylation is 1. The van der Waals surface area contributed by atoms with E-state index in [0.29, 0.717) is 47.4 Å². The molecule has 1 aliphatic heterocycles. The molecule has 3 aromatic rings. The summed E-state index contributed by atoms with van der Waals surface area (Å²) in [5, 5.41) is 2.66. The second-order valence-electron chi connectivity index (χ2n) is 8.99. The maximum absolute atomic E-state index is 13.1. The highest BCUT2D eigenvalue weighted by molar-refractivity contribution is 8.18. The summed E-state index contributed by atoms with van der Waals surface area (Å²) < 4.78 is 12.1. The summed E-state index contributed by atoms with van der Waals surface area (Å²) in [6, 6.07) is 18.6. The third kappa shape index (κ3) is 7.14. The maximum Gasteiger partial charge on any atom is 0.294 e. The summed E-state index contributed by atoms with van der Waals surface area (Å²) in [6.07, 6.45) is 3.90. The predicted molar refractivity (Wildman–Crippen MR) is 160 cm³/mol. The maximum atomic E-state index is 13.1. The number of halogens is 1. The minimum atomic E-state index is -0.542. The first-order chi connectivity index (χ1) is 19.3. The van der Waals surface area contributed by atoms with E-state index in [0.717, 1.165) is 33.4 Å². The number of ether oxygens (including phenoxy) is 2. The van der Waals surface area contributed by atoms with Gasteiger partial charge < -0.3 is 14.8 Å². The van der Waals surface area contributed by atoms with Crippen molar-refractivity contribution in [3.8, 4) is 11.5 Å². The largest absolute Gasteiger partial charge is 0.490 e. The number of anilines is 1. The molecule has 1 heterocycles. The molecule has 0 spiro atoms. The van der Waals surface area contributed by atoms with Crippen molar-refractivity contribution < 1.29 is 23.9 Å². The molecule has 4 rings (SSSR count). The average Bonchev–Trinajstić information content (AvgIpc) is 3.18.